The molecule has 0 aromatic rings. The SMILES string of the molecule is C[C@@H]1CCC2=C(C1)[C@H](C#N)[C@H](N1C(=O)[C@@H]3[C@@H](C1=O)[C@@H]1[C@@H]4C=C[C@@H]([C@@H]5C(=O)N([C@@H]6SC7=C(C[C@H](C)CC7)[C@@H]6C#N)C(=O)[C@H]45)[C@H]31)S2. The number of amides is 4. The van der Waals surface area contributed by atoms with Gasteiger partial charge in [-0.1, -0.05) is 26.0 Å². The van der Waals surface area contributed by atoms with E-state index < -0.39 is 46.3 Å². The van der Waals surface area contributed by atoms with Crippen molar-refractivity contribution in [2.24, 2.45) is 71.0 Å². The van der Waals surface area contributed by atoms with E-state index in [9.17, 15) is 29.7 Å². The molecule has 4 amide bonds. The van der Waals surface area contributed by atoms with Crippen molar-refractivity contribution in [3.63, 3.8) is 0 Å². The normalized spacial score (nSPS) is 48.2. The number of likely N-dealkylation sites (tertiary alicyclic amines) is 2. The molecule has 4 fully saturated rings. The average molecular weight is 627 g/mol. The fraction of sp³-hybridized carbons (Fsp3) is 0.647. The second-order valence-corrected chi connectivity index (χ2v) is 17.1. The standard InChI is InChI=1S/C34H34N4O4S2/c1-13-3-7-21-17(9-13)19(11-35)33(43-21)37-29(39)25-15-5-6-16(26(25)30(37)40)24-23(15)27-28(24)32(42)38(31(27)41)34-20(12-36)18-10-14(2)4-8-22(18)44-34/h5-6,13-16,19-20,23-28,33-34H,3-4,7-10H2,1-2H3/t13-,14-,15-,16+,19+,20+,23+,24-,25+,26-,27+,28+,33-,34-/m1/s1. The summed E-state index contributed by atoms with van der Waals surface area (Å²) in [5, 5.41) is 19.3. The van der Waals surface area contributed by atoms with Gasteiger partial charge in [-0.3, -0.25) is 29.0 Å². The number of thioether (sulfide) groups is 2. The van der Waals surface area contributed by atoms with E-state index in [2.05, 4.69) is 26.0 Å². The number of carbonyl (C=O) groups is 4. The fourth-order valence-electron chi connectivity index (χ4n) is 10.7. The Kier molecular flexibility index (Phi) is 5.85. The largest absolute Gasteiger partial charge is 0.274 e. The fourth-order valence-corrected chi connectivity index (χ4v) is 13.9. The monoisotopic (exact) mass is 626 g/mol. The zero-order valence-electron chi connectivity index (χ0n) is 24.7. The van der Waals surface area contributed by atoms with Crippen LogP contribution in [0.4, 0.5) is 0 Å². The van der Waals surface area contributed by atoms with E-state index in [1.54, 1.807) is 0 Å². The van der Waals surface area contributed by atoms with Gasteiger partial charge in [-0.2, -0.15) is 10.5 Å². The highest BCUT2D eigenvalue weighted by molar-refractivity contribution is 8.04. The molecular weight excluding hydrogens is 593 g/mol. The third kappa shape index (κ3) is 3.27. The number of fused-ring (bicyclic) bond motifs is 1. The highest BCUT2D eigenvalue weighted by Crippen LogP contribution is 2.69. The van der Waals surface area contributed by atoms with Crippen LogP contribution in [0.3, 0.4) is 0 Å². The molecule has 4 aliphatic heterocycles. The number of nitriles is 2. The van der Waals surface area contributed by atoms with E-state index in [-0.39, 0.29) is 47.3 Å². The first-order chi connectivity index (χ1) is 21.2. The number of rotatable bonds is 2. The Hall–Kier alpha value is -2.82. The molecule has 0 N–H and O–H groups in total. The molecule has 8 nitrogen and oxygen atoms in total. The molecule has 2 saturated heterocycles. The Balaban J connectivity index is 1.00. The molecule has 2 saturated carbocycles. The Morgan fingerprint density at radius 3 is 1.43 bits per heavy atom. The lowest BCUT2D eigenvalue weighted by atomic mass is 9.40. The molecule has 10 heteroatoms. The molecule has 2 bridgehead atoms. The van der Waals surface area contributed by atoms with Gasteiger partial charge in [-0.15, -0.1) is 23.5 Å². The van der Waals surface area contributed by atoms with Gasteiger partial charge < -0.3 is 0 Å². The molecule has 0 unspecified atom stereocenters. The van der Waals surface area contributed by atoms with Crippen LogP contribution in [-0.4, -0.2) is 44.2 Å². The summed E-state index contributed by atoms with van der Waals surface area (Å²) in [6.45, 7) is 4.38. The van der Waals surface area contributed by atoms with Gasteiger partial charge >= 0.3 is 0 Å². The Labute approximate surface area is 265 Å². The molecule has 10 aliphatic rings. The molecule has 0 aromatic carbocycles. The van der Waals surface area contributed by atoms with E-state index in [4.69, 9.17) is 0 Å². The number of carbonyl (C=O) groups excluding carboxylic acids is 4. The highest BCUT2D eigenvalue weighted by Gasteiger charge is 2.76. The van der Waals surface area contributed by atoms with Crippen LogP contribution in [-0.2, 0) is 19.2 Å². The van der Waals surface area contributed by atoms with E-state index in [1.165, 1.54) is 43.1 Å². The highest BCUT2D eigenvalue weighted by atomic mass is 32.2. The molecule has 0 spiro atoms. The topological polar surface area (TPSA) is 122 Å². The van der Waals surface area contributed by atoms with Crippen molar-refractivity contribution in [3.05, 3.63) is 33.1 Å². The van der Waals surface area contributed by atoms with Crippen LogP contribution in [0, 0.1) is 93.7 Å². The minimum absolute atomic E-state index is 0.154. The number of hydrogen-bond acceptors (Lipinski definition) is 8. The van der Waals surface area contributed by atoms with Crippen molar-refractivity contribution >= 4 is 47.2 Å². The van der Waals surface area contributed by atoms with Gasteiger partial charge in [0.1, 0.15) is 10.7 Å². The van der Waals surface area contributed by atoms with Gasteiger partial charge in [0.05, 0.1) is 47.6 Å². The molecule has 44 heavy (non-hydrogen) atoms. The zero-order valence-corrected chi connectivity index (χ0v) is 26.4. The van der Waals surface area contributed by atoms with E-state index in [1.807, 2.05) is 12.2 Å². The summed E-state index contributed by atoms with van der Waals surface area (Å²) >= 11 is 3.07. The number of allylic oxidation sites excluding steroid dienone is 4. The molecule has 226 valence electrons. The predicted molar refractivity (Wildman–Crippen MR) is 162 cm³/mol. The maximum absolute atomic E-state index is 14.2. The summed E-state index contributed by atoms with van der Waals surface area (Å²) in [5.41, 5.74) is 2.21. The van der Waals surface area contributed by atoms with Gasteiger partial charge in [0, 0.05) is 0 Å². The first-order valence-corrected chi connectivity index (χ1v) is 18.0. The van der Waals surface area contributed by atoms with Gasteiger partial charge in [-0.05, 0) is 95.0 Å². The first-order valence-electron chi connectivity index (χ1n) is 16.2. The van der Waals surface area contributed by atoms with Crippen LogP contribution in [0.5, 0.6) is 0 Å². The Morgan fingerprint density at radius 2 is 1.05 bits per heavy atom. The molecular formula is C34H34N4O4S2. The van der Waals surface area contributed by atoms with E-state index >= 15 is 0 Å². The van der Waals surface area contributed by atoms with Gasteiger partial charge in [-0.25, -0.2) is 0 Å². The van der Waals surface area contributed by atoms with Crippen LogP contribution in [0.1, 0.15) is 52.4 Å². The molecule has 6 aliphatic carbocycles. The maximum Gasteiger partial charge on any atom is 0.234 e. The smallest absolute Gasteiger partial charge is 0.234 e. The third-order valence-electron chi connectivity index (χ3n) is 12.6. The lowest BCUT2D eigenvalue weighted by Gasteiger charge is -2.60. The summed E-state index contributed by atoms with van der Waals surface area (Å²) in [7, 11) is 0. The van der Waals surface area contributed by atoms with Crippen LogP contribution in [0.25, 0.3) is 0 Å². The predicted octanol–water partition coefficient (Wildman–Crippen LogP) is 4.82. The van der Waals surface area contributed by atoms with Crippen molar-refractivity contribution in [3.8, 4) is 12.1 Å². The van der Waals surface area contributed by atoms with Crippen molar-refractivity contribution < 1.29 is 19.2 Å². The van der Waals surface area contributed by atoms with Crippen molar-refractivity contribution in [1.82, 2.24) is 9.80 Å². The summed E-state index contributed by atoms with van der Waals surface area (Å²) < 4.78 is 0. The first kappa shape index (κ1) is 27.5. The Bertz CT molecular complexity index is 1580. The van der Waals surface area contributed by atoms with Gasteiger partial charge in [0.15, 0.2) is 0 Å². The second kappa shape index (κ2) is 9.36. The lowest BCUT2D eigenvalue weighted by Crippen LogP contribution is -2.63. The van der Waals surface area contributed by atoms with Gasteiger partial charge in [0.25, 0.3) is 0 Å². The van der Waals surface area contributed by atoms with E-state index in [0.29, 0.717) is 11.8 Å². The minimum atomic E-state index is -0.545. The number of hydrogen-bond donors (Lipinski definition) is 0. The van der Waals surface area contributed by atoms with Crippen molar-refractivity contribution in [1.29, 1.82) is 10.5 Å². The second-order valence-electron chi connectivity index (χ2n) is 14.7. The lowest BCUT2D eigenvalue weighted by molar-refractivity contribution is -0.166. The van der Waals surface area contributed by atoms with E-state index in [0.717, 1.165) is 49.7 Å². The molecule has 0 aromatic heterocycles. The molecule has 10 rings (SSSR count). The quantitative estimate of drug-likeness (QED) is 0.316. The van der Waals surface area contributed by atoms with Crippen LogP contribution >= 0.6 is 23.5 Å². The van der Waals surface area contributed by atoms with Gasteiger partial charge in [0.2, 0.25) is 23.6 Å². The minimum Gasteiger partial charge on any atom is -0.274 e. The summed E-state index contributed by atoms with van der Waals surface area (Å²) in [6, 6.07) is 4.88. The summed E-state index contributed by atoms with van der Waals surface area (Å²) in [4.78, 5) is 61.9. The average Bonchev–Trinajstić information content (AvgIpc) is 3.66. The van der Waals surface area contributed by atoms with Crippen LogP contribution < -0.4 is 0 Å². The van der Waals surface area contributed by atoms with Crippen molar-refractivity contribution in [2.75, 3.05) is 0 Å². The molecule has 14 atom stereocenters. The summed E-state index contributed by atoms with van der Waals surface area (Å²) in [5.74, 6) is -3.74. The number of nitrogens with zero attached hydrogens (tertiary/aromatic N) is 4. The molecule has 4 heterocycles. The Morgan fingerprint density at radius 1 is 0.659 bits per heavy atom. The number of imide groups is 2. The zero-order chi connectivity index (χ0) is 30.3. The maximum atomic E-state index is 14.2. The van der Waals surface area contributed by atoms with Crippen LogP contribution in [0.15, 0.2) is 33.1 Å². The third-order valence-corrected chi connectivity index (χ3v) is 15.6. The van der Waals surface area contributed by atoms with Crippen LogP contribution in [0.2, 0.25) is 0 Å². The summed E-state index contributed by atoms with van der Waals surface area (Å²) in [6.07, 6.45) is 9.65. The van der Waals surface area contributed by atoms with Crippen molar-refractivity contribution in [2.45, 2.75) is 63.1 Å². The molecule has 0 radical (unpaired) electrons.